The molecule has 0 bridgehead atoms. The fraction of sp³-hybridized carbons (Fsp3) is 0.333. The highest BCUT2D eigenvalue weighted by Crippen LogP contribution is 2.21. The topological polar surface area (TPSA) is 56.2 Å². The van der Waals surface area contributed by atoms with Crippen LogP contribution >= 0.6 is 0 Å². The molecule has 1 atom stereocenters. The number of benzene rings is 1. The van der Waals surface area contributed by atoms with E-state index in [0.717, 1.165) is 23.4 Å². The summed E-state index contributed by atoms with van der Waals surface area (Å²) in [5, 5.41) is 7.17. The summed E-state index contributed by atoms with van der Waals surface area (Å²) in [5.41, 5.74) is 2.85. The van der Waals surface area contributed by atoms with E-state index in [-0.39, 0.29) is 11.8 Å². The maximum atomic E-state index is 12.1. The van der Waals surface area contributed by atoms with Gasteiger partial charge in [-0.15, -0.1) is 0 Å². The molecule has 0 spiro atoms. The van der Waals surface area contributed by atoms with Crippen molar-refractivity contribution in [1.82, 2.24) is 9.78 Å². The number of nitrogens with zero attached hydrogens (tertiary/aromatic N) is 2. The van der Waals surface area contributed by atoms with Crippen molar-refractivity contribution < 1.29 is 9.53 Å². The summed E-state index contributed by atoms with van der Waals surface area (Å²) in [6.45, 7) is 3.18. The monoisotopic (exact) mass is 271 g/mol. The van der Waals surface area contributed by atoms with Crippen molar-refractivity contribution in [2.75, 3.05) is 18.5 Å². The van der Waals surface area contributed by atoms with Crippen LogP contribution in [-0.4, -0.2) is 28.9 Å². The number of carbonyl (C=O) groups excluding carboxylic acids is 1. The molecule has 0 unspecified atom stereocenters. The van der Waals surface area contributed by atoms with E-state index in [1.165, 1.54) is 0 Å². The summed E-state index contributed by atoms with van der Waals surface area (Å²) >= 11 is 0. The number of amides is 1. The number of rotatable bonds is 3. The molecule has 1 aromatic carbocycles. The fourth-order valence-electron chi connectivity index (χ4n) is 2.33. The van der Waals surface area contributed by atoms with Crippen LogP contribution in [-0.2, 0) is 9.53 Å². The summed E-state index contributed by atoms with van der Waals surface area (Å²) in [6, 6.07) is 7.75. The number of carbonyl (C=O) groups is 1. The maximum absolute atomic E-state index is 12.1. The largest absolute Gasteiger partial charge is 0.381 e. The molecule has 1 saturated heterocycles. The van der Waals surface area contributed by atoms with E-state index in [0.29, 0.717) is 13.2 Å². The zero-order chi connectivity index (χ0) is 13.9. The van der Waals surface area contributed by atoms with Crippen molar-refractivity contribution in [3.8, 4) is 5.69 Å². The highest BCUT2D eigenvalue weighted by Gasteiger charge is 2.23. The number of anilines is 1. The van der Waals surface area contributed by atoms with Crippen LogP contribution in [0.3, 0.4) is 0 Å². The molecule has 2 aromatic rings. The van der Waals surface area contributed by atoms with Crippen molar-refractivity contribution >= 4 is 11.6 Å². The lowest BCUT2D eigenvalue weighted by Gasteiger charge is -2.12. The summed E-state index contributed by atoms with van der Waals surface area (Å²) < 4.78 is 7.04. The average Bonchev–Trinajstić information content (AvgIpc) is 3.14. The molecule has 0 aliphatic carbocycles. The Morgan fingerprint density at radius 1 is 1.50 bits per heavy atom. The van der Waals surface area contributed by atoms with Crippen molar-refractivity contribution in [3.63, 3.8) is 0 Å². The Hall–Kier alpha value is -2.14. The van der Waals surface area contributed by atoms with E-state index in [1.54, 1.807) is 10.9 Å². The zero-order valence-electron chi connectivity index (χ0n) is 11.4. The molecular weight excluding hydrogens is 254 g/mol. The molecule has 1 N–H and O–H groups in total. The van der Waals surface area contributed by atoms with Crippen molar-refractivity contribution in [2.45, 2.75) is 13.3 Å². The lowest BCUT2D eigenvalue weighted by Crippen LogP contribution is -2.23. The van der Waals surface area contributed by atoms with Crippen LogP contribution in [0.4, 0.5) is 5.69 Å². The second-order valence-electron chi connectivity index (χ2n) is 5.00. The molecule has 1 aromatic heterocycles. The molecular formula is C15H17N3O2. The average molecular weight is 271 g/mol. The lowest BCUT2D eigenvalue weighted by atomic mass is 10.1. The normalized spacial score (nSPS) is 18.1. The second kappa shape index (κ2) is 5.46. The van der Waals surface area contributed by atoms with E-state index in [9.17, 15) is 4.79 Å². The van der Waals surface area contributed by atoms with Gasteiger partial charge in [-0.25, -0.2) is 4.68 Å². The standard InChI is InChI=1S/C15H17N3O2/c1-11-9-13(18-7-2-6-16-18)3-4-14(11)17-15(19)12-5-8-20-10-12/h2-4,6-7,9,12H,5,8,10H2,1H3,(H,17,19)/t12-/m0/s1. The quantitative estimate of drug-likeness (QED) is 0.930. The minimum absolute atomic E-state index is 0.0276. The number of hydrogen-bond acceptors (Lipinski definition) is 3. The Kier molecular flexibility index (Phi) is 3.52. The zero-order valence-corrected chi connectivity index (χ0v) is 11.4. The summed E-state index contributed by atoms with van der Waals surface area (Å²) in [5.74, 6) is 0.0117. The van der Waals surface area contributed by atoms with Gasteiger partial charge in [0.05, 0.1) is 18.2 Å². The number of ether oxygens (including phenoxy) is 1. The van der Waals surface area contributed by atoms with E-state index >= 15 is 0 Å². The van der Waals surface area contributed by atoms with E-state index in [1.807, 2.05) is 37.4 Å². The number of nitrogens with one attached hydrogen (secondary N) is 1. The first-order chi connectivity index (χ1) is 9.74. The third kappa shape index (κ3) is 2.58. The predicted molar refractivity (Wildman–Crippen MR) is 75.9 cm³/mol. The molecule has 1 amide bonds. The van der Waals surface area contributed by atoms with Gasteiger partial charge < -0.3 is 10.1 Å². The van der Waals surface area contributed by atoms with Gasteiger partial charge in [0.1, 0.15) is 0 Å². The minimum Gasteiger partial charge on any atom is -0.381 e. The number of aryl methyl sites for hydroxylation is 1. The van der Waals surface area contributed by atoms with Crippen molar-refractivity contribution in [2.24, 2.45) is 5.92 Å². The molecule has 1 fully saturated rings. The minimum atomic E-state index is -0.0276. The van der Waals surface area contributed by atoms with Crippen LogP contribution in [0.2, 0.25) is 0 Å². The molecule has 5 heteroatoms. The van der Waals surface area contributed by atoms with Gasteiger partial charge in [-0.05, 0) is 43.2 Å². The number of hydrogen-bond donors (Lipinski definition) is 1. The van der Waals surface area contributed by atoms with E-state index in [4.69, 9.17) is 4.74 Å². The van der Waals surface area contributed by atoms with Crippen LogP contribution in [0.1, 0.15) is 12.0 Å². The maximum Gasteiger partial charge on any atom is 0.229 e. The summed E-state index contributed by atoms with van der Waals surface area (Å²) in [7, 11) is 0. The van der Waals surface area contributed by atoms with Crippen LogP contribution in [0.25, 0.3) is 5.69 Å². The molecule has 2 heterocycles. The lowest BCUT2D eigenvalue weighted by molar-refractivity contribution is -0.119. The van der Waals surface area contributed by atoms with Gasteiger partial charge in [0, 0.05) is 24.7 Å². The smallest absolute Gasteiger partial charge is 0.229 e. The third-order valence-electron chi connectivity index (χ3n) is 3.54. The first kappa shape index (κ1) is 12.9. The van der Waals surface area contributed by atoms with Crippen molar-refractivity contribution in [3.05, 3.63) is 42.2 Å². The fourth-order valence-corrected chi connectivity index (χ4v) is 2.33. The molecule has 3 rings (SSSR count). The van der Waals surface area contributed by atoms with Gasteiger partial charge in [0.25, 0.3) is 0 Å². The van der Waals surface area contributed by atoms with Crippen LogP contribution in [0.5, 0.6) is 0 Å². The van der Waals surface area contributed by atoms with Gasteiger partial charge in [-0.1, -0.05) is 0 Å². The Morgan fingerprint density at radius 2 is 2.40 bits per heavy atom. The van der Waals surface area contributed by atoms with Crippen LogP contribution < -0.4 is 5.32 Å². The molecule has 104 valence electrons. The Bertz CT molecular complexity index is 602. The molecule has 5 nitrogen and oxygen atoms in total. The van der Waals surface area contributed by atoms with Crippen LogP contribution in [0, 0.1) is 12.8 Å². The van der Waals surface area contributed by atoms with Gasteiger partial charge in [-0.2, -0.15) is 5.10 Å². The van der Waals surface area contributed by atoms with Gasteiger partial charge in [0.15, 0.2) is 0 Å². The highest BCUT2D eigenvalue weighted by molar-refractivity contribution is 5.93. The third-order valence-corrected chi connectivity index (χ3v) is 3.54. The van der Waals surface area contributed by atoms with E-state index in [2.05, 4.69) is 10.4 Å². The Labute approximate surface area is 117 Å². The SMILES string of the molecule is Cc1cc(-n2cccn2)ccc1NC(=O)[C@H]1CCOC1. The van der Waals surface area contributed by atoms with Gasteiger partial charge in [0.2, 0.25) is 5.91 Å². The first-order valence-corrected chi connectivity index (χ1v) is 6.73. The van der Waals surface area contributed by atoms with Gasteiger partial charge >= 0.3 is 0 Å². The second-order valence-corrected chi connectivity index (χ2v) is 5.00. The Morgan fingerprint density at radius 3 is 3.05 bits per heavy atom. The van der Waals surface area contributed by atoms with E-state index < -0.39 is 0 Å². The first-order valence-electron chi connectivity index (χ1n) is 6.73. The van der Waals surface area contributed by atoms with Gasteiger partial charge in [-0.3, -0.25) is 4.79 Å². The van der Waals surface area contributed by atoms with Crippen molar-refractivity contribution in [1.29, 1.82) is 0 Å². The highest BCUT2D eigenvalue weighted by atomic mass is 16.5. The molecule has 0 radical (unpaired) electrons. The Balaban J connectivity index is 1.76. The summed E-state index contributed by atoms with van der Waals surface area (Å²) in [6.07, 6.45) is 4.43. The molecule has 20 heavy (non-hydrogen) atoms. The number of aromatic nitrogens is 2. The molecule has 1 aliphatic heterocycles. The molecule has 0 saturated carbocycles. The summed E-state index contributed by atoms with van der Waals surface area (Å²) in [4.78, 5) is 12.1. The molecule has 1 aliphatic rings. The predicted octanol–water partition coefficient (Wildman–Crippen LogP) is 2.16. The van der Waals surface area contributed by atoms with Crippen LogP contribution in [0.15, 0.2) is 36.7 Å².